The topological polar surface area (TPSA) is 88.7 Å². The van der Waals surface area contributed by atoms with E-state index in [1.165, 1.54) is 0 Å². The highest BCUT2D eigenvalue weighted by molar-refractivity contribution is 5.96. The molecule has 1 saturated heterocycles. The zero-order chi connectivity index (χ0) is 22.1. The number of anilines is 2. The summed E-state index contributed by atoms with van der Waals surface area (Å²) in [5.41, 5.74) is 1.92. The molecule has 0 spiro atoms. The fourth-order valence-electron chi connectivity index (χ4n) is 3.23. The molecule has 7 heteroatoms. The lowest BCUT2D eigenvalue weighted by Gasteiger charge is -2.14. The van der Waals surface area contributed by atoms with Gasteiger partial charge in [0.15, 0.2) is 0 Å². The van der Waals surface area contributed by atoms with E-state index in [4.69, 9.17) is 9.47 Å². The van der Waals surface area contributed by atoms with Gasteiger partial charge in [-0.3, -0.25) is 9.59 Å². The van der Waals surface area contributed by atoms with Crippen molar-refractivity contribution in [2.75, 3.05) is 30.3 Å². The van der Waals surface area contributed by atoms with E-state index in [2.05, 4.69) is 22.9 Å². The molecule has 1 aliphatic rings. The second-order valence-corrected chi connectivity index (χ2v) is 7.69. The SMILES string of the molecule is CCC(C)Oc1cccc(NC(=O)CNc2cccc(C(=O)NCC3CCCO3)c2)c1. The minimum absolute atomic E-state index is 0.0808. The van der Waals surface area contributed by atoms with Crippen molar-refractivity contribution in [1.82, 2.24) is 5.32 Å². The quantitative estimate of drug-likeness (QED) is 0.539. The van der Waals surface area contributed by atoms with Crippen molar-refractivity contribution in [3.8, 4) is 5.75 Å². The molecule has 0 bridgehead atoms. The molecule has 2 aromatic carbocycles. The van der Waals surface area contributed by atoms with Gasteiger partial charge in [-0.1, -0.05) is 19.1 Å². The number of rotatable bonds is 10. The largest absolute Gasteiger partial charge is 0.491 e. The Morgan fingerprint density at radius 3 is 2.74 bits per heavy atom. The average Bonchev–Trinajstić information content (AvgIpc) is 3.30. The summed E-state index contributed by atoms with van der Waals surface area (Å²) in [6.45, 7) is 5.42. The molecule has 7 nitrogen and oxygen atoms in total. The number of hydrogen-bond donors (Lipinski definition) is 3. The summed E-state index contributed by atoms with van der Waals surface area (Å²) >= 11 is 0. The first kappa shape index (κ1) is 22.6. The number of ether oxygens (including phenoxy) is 2. The predicted molar refractivity (Wildman–Crippen MR) is 122 cm³/mol. The van der Waals surface area contributed by atoms with Crippen molar-refractivity contribution < 1.29 is 19.1 Å². The minimum atomic E-state index is -0.186. The first-order valence-electron chi connectivity index (χ1n) is 10.8. The van der Waals surface area contributed by atoms with Gasteiger partial charge < -0.3 is 25.4 Å². The van der Waals surface area contributed by atoms with Crippen LogP contribution in [-0.4, -0.2) is 43.7 Å². The molecule has 1 aliphatic heterocycles. The third kappa shape index (κ3) is 7.29. The smallest absolute Gasteiger partial charge is 0.251 e. The van der Waals surface area contributed by atoms with Crippen molar-refractivity contribution in [3.05, 3.63) is 54.1 Å². The van der Waals surface area contributed by atoms with Crippen LogP contribution in [0.1, 0.15) is 43.5 Å². The molecule has 2 unspecified atom stereocenters. The van der Waals surface area contributed by atoms with E-state index < -0.39 is 0 Å². The van der Waals surface area contributed by atoms with Gasteiger partial charge in [0.25, 0.3) is 5.91 Å². The minimum Gasteiger partial charge on any atom is -0.491 e. The van der Waals surface area contributed by atoms with Gasteiger partial charge in [-0.25, -0.2) is 0 Å². The molecule has 0 aliphatic carbocycles. The van der Waals surface area contributed by atoms with Crippen LogP contribution in [0, 0.1) is 0 Å². The Bertz CT molecular complexity index is 881. The van der Waals surface area contributed by atoms with Gasteiger partial charge in [-0.15, -0.1) is 0 Å². The fourth-order valence-corrected chi connectivity index (χ4v) is 3.23. The van der Waals surface area contributed by atoms with Crippen molar-refractivity contribution in [3.63, 3.8) is 0 Å². The lowest BCUT2D eigenvalue weighted by Crippen LogP contribution is -2.31. The summed E-state index contributed by atoms with van der Waals surface area (Å²) in [6.07, 6.45) is 3.14. The monoisotopic (exact) mass is 425 g/mol. The molecule has 166 valence electrons. The summed E-state index contributed by atoms with van der Waals surface area (Å²) in [7, 11) is 0. The van der Waals surface area contributed by atoms with Crippen LogP contribution in [0.2, 0.25) is 0 Å². The molecule has 2 atom stereocenters. The molecule has 2 aromatic rings. The van der Waals surface area contributed by atoms with Crippen molar-refractivity contribution in [2.24, 2.45) is 0 Å². The van der Waals surface area contributed by atoms with E-state index in [-0.39, 0.29) is 30.6 Å². The summed E-state index contributed by atoms with van der Waals surface area (Å²) in [6, 6.07) is 14.4. The Balaban J connectivity index is 1.48. The first-order chi connectivity index (χ1) is 15.0. The summed E-state index contributed by atoms with van der Waals surface area (Å²) in [4.78, 5) is 24.7. The summed E-state index contributed by atoms with van der Waals surface area (Å²) in [5.74, 6) is 0.387. The molecule has 1 heterocycles. The standard InChI is InChI=1S/C24H31N3O4/c1-3-17(2)31-21-10-5-9-20(14-21)27-23(28)16-25-19-8-4-7-18(13-19)24(29)26-15-22-11-6-12-30-22/h4-5,7-10,13-14,17,22,25H,3,6,11-12,15-16H2,1-2H3,(H,26,29)(H,27,28). The van der Waals surface area contributed by atoms with Crippen LogP contribution in [0.15, 0.2) is 48.5 Å². The number of carbonyl (C=O) groups is 2. The van der Waals surface area contributed by atoms with Crippen LogP contribution in [-0.2, 0) is 9.53 Å². The molecule has 31 heavy (non-hydrogen) atoms. The highest BCUT2D eigenvalue weighted by Crippen LogP contribution is 2.19. The van der Waals surface area contributed by atoms with E-state index in [0.29, 0.717) is 23.5 Å². The maximum Gasteiger partial charge on any atom is 0.251 e. The van der Waals surface area contributed by atoms with E-state index in [9.17, 15) is 9.59 Å². The fraction of sp³-hybridized carbons (Fsp3) is 0.417. The number of nitrogens with one attached hydrogen (secondary N) is 3. The zero-order valence-corrected chi connectivity index (χ0v) is 18.1. The Hall–Kier alpha value is -3.06. The second kappa shape index (κ2) is 11.4. The number of hydrogen-bond acceptors (Lipinski definition) is 5. The van der Waals surface area contributed by atoms with Crippen LogP contribution >= 0.6 is 0 Å². The molecular weight excluding hydrogens is 394 g/mol. The molecule has 0 saturated carbocycles. The zero-order valence-electron chi connectivity index (χ0n) is 18.1. The van der Waals surface area contributed by atoms with Gasteiger partial charge >= 0.3 is 0 Å². The highest BCUT2D eigenvalue weighted by Gasteiger charge is 2.16. The molecule has 3 rings (SSSR count). The van der Waals surface area contributed by atoms with Crippen molar-refractivity contribution >= 4 is 23.2 Å². The number of carbonyl (C=O) groups excluding carboxylic acids is 2. The molecule has 2 amide bonds. The van der Waals surface area contributed by atoms with E-state index in [1.807, 2.05) is 37.3 Å². The van der Waals surface area contributed by atoms with Gasteiger partial charge in [0.05, 0.1) is 18.8 Å². The molecule has 0 radical (unpaired) electrons. The maximum absolute atomic E-state index is 12.4. The lowest BCUT2D eigenvalue weighted by molar-refractivity contribution is -0.114. The Kier molecular flexibility index (Phi) is 8.29. The van der Waals surface area contributed by atoms with E-state index in [0.717, 1.165) is 31.6 Å². The number of benzene rings is 2. The van der Waals surface area contributed by atoms with E-state index >= 15 is 0 Å². The third-order valence-corrected chi connectivity index (χ3v) is 5.12. The molecule has 0 aromatic heterocycles. The van der Waals surface area contributed by atoms with Crippen LogP contribution in [0.3, 0.4) is 0 Å². The molecule has 3 N–H and O–H groups in total. The summed E-state index contributed by atoms with van der Waals surface area (Å²) in [5, 5.41) is 8.83. The third-order valence-electron chi connectivity index (χ3n) is 5.12. The van der Waals surface area contributed by atoms with Crippen molar-refractivity contribution in [2.45, 2.75) is 45.3 Å². The molecular formula is C24H31N3O4. The van der Waals surface area contributed by atoms with Gasteiger partial charge in [-0.2, -0.15) is 0 Å². The van der Waals surface area contributed by atoms with Crippen LogP contribution in [0.5, 0.6) is 5.75 Å². The van der Waals surface area contributed by atoms with Crippen LogP contribution in [0.4, 0.5) is 11.4 Å². The van der Waals surface area contributed by atoms with Crippen LogP contribution < -0.4 is 20.7 Å². The van der Waals surface area contributed by atoms with Crippen molar-refractivity contribution in [1.29, 1.82) is 0 Å². The Morgan fingerprint density at radius 2 is 1.97 bits per heavy atom. The maximum atomic E-state index is 12.4. The predicted octanol–water partition coefficient (Wildman–Crippen LogP) is 3.82. The summed E-state index contributed by atoms with van der Waals surface area (Å²) < 4.78 is 11.3. The van der Waals surface area contributed by atoms with Gasteiger partial charge in [0.1, 0.15) is 5.75 Å². The normalized spacial score (nSPS) is 16.4. The van der Waals surface area contributed by atoms with Gasteiger partial charge in [0, 0.05) is 36.2 Å². The first-order valence-corrected chi connectivity index (χ1v) is 10.8. The molecule has 1 fully saturated rings. The van der Waals surface area contributed by atoms with Gasteiger partial charge in [0.2, 0.25) is 5.91 Å². The second-order valence-electron chi connectivity index (χ2n) is 7.69. The van der Waals surface area contributed by atoms with Gasteiger partial charge in [-0.05, 0) is 56.5 Å². The Morgan fingerprint density at radius 1 is 1.16 bits per heavy atom. The Labute approximate surface area is 183 Å². The highest BCUT2D eigenvalue weighted by atomic mass is 16.5. The average molecular weight is 426 g/mol. The lowest BCUT2D eigenvalue weighted by atomic mass is 10.1. The van der Waals surface area contributed by atoms with Crippen LogP contribution in [0.25, 0.3) is 0 Å². The van der Waals surface area contributed by atoms with E-state index in [1.54, 1.807) is 18.2 Å². The number of amides is 2.